The van der Waals surface area contributed by atoms with Crippen LogP contribution in [0, 0.1) is 13.8 Å². The quantitative estimate of drug-likeness (QED) is 0.882. The maximum atomic E-state index is 12.3. The normalized spacial score (nSPS) is 21.6. The van der Waals surface area contributed by atoms with Gasteiger partial charge < -0.3 is 24.4 Å². The number of aromatic nitrogens is 1. The number of ether oxygens (including phenoxy) is 1. The Morgan fingerprint density at radius 1 is 1.17 bits per heavy atom. The van der Waals surface area contributed by atoms with Crippen LogP contribution in [0.25, 0.3) is 0 Å². The molecule has 2 aliphatic heterocycles. The standard InChI is InChI=1S/C15H22N4O4/c1-10-13(11(2)23-17-10)16-15(21)19-7-5-18(6-8-19)14(20)12-4-3-9-22-12/h12H,3-9H2,1-2H3,(H,16,21)/t12-/m1/s1. The number of piperazine rings is 1. The molecule has 0 saturated carbocycles. The third-order valence-electron chi connectivity index (χ3n) is 4.35. The second-order valence-corrected chi connectivity index (χ2v) is 5.94. The van der Waals surface area contributed by atoms with Gasteiger partial charge in [0.25, 0.3) is 5.91 Å². The van der Waals surface area contributed by atoms with Gasteiger partial charge in [-0.1, -0.05) is 5.16 Å². The fourth-order valence-corrected chi connectivity index (χ4v) is 2.95. The van der Waals surface area contributed by atoms with Gasteiger partial charge in [-0.15, -0.1) is 0 Å². The summed E-state index contributed by atoms with van der Waals surface area (Å²) in [6.07, 6.45) is 1.44. The average molecular weight is 322 g/mol. The molecule has 8 nitrogen and oxygen atoms in total. The van der Waals surface area contributed by atoms with Crippen molar-refractivity contribution in [1.82, 2.24) is 15.0 Å². The molecule has 8 heteroatoms. The van der Waals surface area contributed by atoms with E-state index in [4.69, 9.17) is 9.26 Å². The highest BCUT2D eigenvalue weighted by molar-refractivity contribution is 5.90. The Bertz CT molecular complexity index is 567. The summed E-state index contributed by atoms with van der Waals surface area (Å²) in [5.74, 6) is 0.635. The van der Waals surface area contributed by atoms with Crippen LogP contribution in [0.1, 0.15) is 24.3 Å². The van der Waals surface area contributed by atoms with Crippen molar-refractivity contribution in [3.05, 3.63) is 11.5 Å². The SMILES string of the molecule is Cc1noc(C)c1NC(=O)N1CCN(C(=O)[C@H]2CCCO2)CC1. The number of nitrogens with zero attached hydrogens (tertiary/aromatic N) is 3. The van der Waals surface area contributed by atoms with Gasteiger partial charge >= 0.3 is 6.03 Å². The molecule has 0 aromatic carbocycles. The molecule has 0 aliphatic carbocycles. The first-order valence-corrected chi connectivity index (χ1v) is 7.95. The molecular weight excluding hydrogens is 300 g/mol. The van der Waals surface area contributed by atoms with E-state index in [1.54, 1.807) is 23.6 Å². The number of nitrogens with one attached hydrogen (secondary N) is 1. The van der Waals surface area contributed by atoms with Crippen LogP contribution >= 0.6 is 0 Å². The zero-order chi connectivity index (χ0) is 16.4. The van der Waals surface area contributed by atoms with Gasteiger partial charge in [-0.2, -0.15) is 0 Å². The molecule has 0 spiro atoms. The van der Waals surface area contributed by atoms with Gasteiger partial charge in [0.1, 0.15) is 17.5 Å². The summed E-state index contributed by atoms with van der Waals surface area (Å²) in [6, 6.07) is -0.191. The first-order chi connectivity index (χ1) is 11.1. The predicted molar refractivity (Wildman–Crippen MR) is 82.1 cm³/mol. The maximum absolute atomic E-state index is 12.3. The minimum Gasteiger partial charge on any atom is -0.368 e. The van der Waals surface area contributed by atoms with Crippen LogP contribution in [0.3, 0.4) is 0 Å². The Hall–Kier alpha value is -2.09. The highest BCUT2D eigenvalue weighted by Gasteiger charge is 2.31. The topological polar surface area (TPSA) is 87.9 Å². The van der Waals surface area contributed by atoms with E-state index in [9.17, 15) is 9.59 Å². The fraction of sp³-hybridized carbons (Fsp3) is 0.667. The number of hydrogen-bond donors (Lipinski definition) is 1. The summed E-state index contributed by atoms with van der Waals surface area (Å²) in [4.78, 5) is 28.1. The van der Waals surface area contributed by atoms with Crippen molar-refractivity contribution in [1.29, 1.82) is 0 Å². The lowest BCUT2D eigenvalue weighted by Gasteiger charge is -2.35. The predicted octanol–water partition coefficient (Wildman–Crippen LogP) is 1.15. The number of rotatable bonds is 2. The second-order valence-electron chi connectivity index (χ2n) is 5.94. The number of aryl methyl sites for hydroxylation is 2. The van der Waals surface area contributed by atoms with Gasteiger partial charge in [0, 0.05) is 32.8 Å². The van der Waals surface area contributed by atoms with Crippen LogP contribution in [-0.4, -0.2) is 65.8 Å². The zero-order valence-electron chi connectivity index (χ0n) is 13.5. The Kier molecular flexibility index (Phi) is 4.51. The summed E-state index contributed by atoms with van der Waals surface area (Å²) in [6.45, 7) is 6.29. The molecule has 1 N–H and O–H groups in total. The van der Waals surface area contributed by atoms with Gasteiger partial charge in [0.15, 0.2) is 5.76 Å². The van der Waals surface area contributed by atoms with E-state index in [0.29, 0.717) is 49.9 Å². The van der Waals surface area contributed by atoms with Gasteiger partial charge in [-0.3, -0.25) is 4.79 Å². The summed E-state index contributed by atoms with van der Waals surface area (Å²) in [5.41, 5.74) is 1.27. The number of urea groups is 1. The monoisotopic (exact) mass is 322 g/mol. The molecule has 3 rings (SSSR count). The van der Waals surface area contributed by atoms with Crippen molar-refractivity contribution in [2.24, 2.45) is 0 Å². The molecule has 0 unspecified atom stereocenters. The summed E-state index contributed by atoms with van der Waals surface area (Å²) in [5, 5.41) is 6.65. The second kappa shape index (κ2) is 6.57. The number of carbonyl (C=O) groups excluding carboxylic acids is 2. The lowest BCUT2D eigenvalue weighted by Crippen LogP contribution is -2.53. The molecule has 126 valence electrons. The highest BCUT2D eigenvalue weighted by Crippen LogP contribution is 2.20. The van der Waals surface area contributed by atoms with Gasteiger partial charge in [0.2, 0.25) is 0 Å². The van der Waals surface area contributed by atoms with E-state index in [0.717, 1.165) is 12.8 Å². The molecule has 2 fully saturated rings. The van der Waals surface area contributed by atoms with E-state index in [1.165, 1.54) is 0 Å². The van der Waals surface area contributed by atoms with Crippen molar-refractivity contribution >= 4 is 17.6 Å². The summed E-state index contributed by atoms with van der Waals surface area (Å²) < 4.78 is 10.5. The molecule has 0 radical (unpaired) electrons. The third kappa shape index (κ3) is 3.31. The first-order valence-electron chi connectivity index (χ1n) is 7.95. The molecule has 0 bridgehead atoms. The van der Waals surface area contributed by atoms with Gasteiger partial charge in [-0.25, -0.2) is 4.79 Å². The molecule has 1 aromatic rings. The summed E-state index contributed by atoms with van der Waals surface area (Å²) >= 11 is 0. The Labute approximate surface area is 134 Å². The lowest BCUT2D eigenvalue weighted by atomic mass is 10.2. The largest absolute Gasteiger partial charge is 0.368 e. The molecule has 2 saturated heterocycles. The van der Waals surface area contributed by atoms with E-state index in [2.05, 4.69) is 10.5 Å². The molecule has 3 amide bonds. The van der Waals surface area contributed by atoms with Crippen LogP contribution in [0.4, 0.5) is 10.5 Å². The van der Waals surface area contributed by atoms with Gasteiger partial charge in [0.05, 0.1) is 0 Å². The van der Waals surface area contributed by atoms with E-state index < -0.39 is 0 Å². The number of carbonyl (C=O) groups is 2. The molecule has 23 heavy (non-hydrogen) atoms. The highest BCUT2D eigenvalue weighted by atomic mass is 16.5. The number of hydrogen-bond acceptors (Lipinski definition) is 5. The Balaban J connectivity index is 1.52. The Morgan fingerprint density at radius 2 is 1.87 bits per heavy atom. The zero-order valence-corrected chi connectivity index (χ0v) is 13.5. The first kappa shape index (κ1) is 15.8. The summed E-state index contributed by atoms with van der Waals surface area (Å²) in [7, 11) is 0. The molecule has 1 aromatic heterocycles. The van der Waals surface area contributed by atoms with E-state index >= 15 is 0 Å². The van der Waals surface area contributed by atoms with Crippen molar-refractivity contribution in [3.63, 3.8) is 0 Å². The molecule has 1 atom stereocenters. The van der Waals surface area contributed by atoms with E-state index in [1.807, 2.05) is 0 Å². The smallest absolute Gasteiger partial charge is 0.322 e. The van der Waals surface area contributed by atoms with E-state index in [-0.39, 0.29) is 18.0 Å². The van der Waals surface area contributed by atoms with Crippen molar-refractivity contribution < 1.29 is 18.8 Å². The lowest BCUT2D eigenvalue weighted by molar-refractivity contribution is -0.142. The minimum atomic E-state index is -0.294. The van der Waals surface area contributed by atoms with Gasteiger partial charge in [-0.05, 0) is 26.7 Å². The van der Waals surface area contributed by atoms with Crippen LogP contribution in [0.2, 0.25) is 0 Å². The Morgan fingerprint density at radius 3 is 2.43 bits per heavy atom. The van der Waals surface area contributed by atoms with Crippen LogP contribution in [-0.2, 0) is 9.53 Å². The van der Waals surface area contributed by atoms with Crippen LogP contribution < -0.4 is 5.32 Å². The average Bonchev–Trinajstić information content (AvgIpc) is 3.20. The molecule has 3 heterocycles. The van der Waals surface area contributed by atoms with Crippen LogP contribution in [0.15, 0.2) is 4.52 Å². The number of anilines is 1. The van der Waals surface area contributed by atoms with Crippen molar-refractivity contribution in [3.8, 4) is 0 Å². The minimum absolute atomic E-state index is 0.0493. The molecule has 2 aliphatic rings. The fourth-order valence-electron chi connectivity index (χ4n) is 2.95. The van der Waals surface area contributed by atoms with Crippen LogP contribution in [0.5, 0.6) is 0 Å². The van der Waals surface area contributed by atoms with Crippen molar-refractivity contribution in [2.75, 3.05) is 38.1 Å². The third-order valence-corrected chi connectivity index (χ3v) is 4.35. The molecular formula is C15H22N4O4. The van der Waals surface area contributed by atoms with Crippen molar-refractivity contribution in [2.45, 2.75) is 32.8 Å². The number of amides is 3. The maximum Gasteiger partial charge on any atom is 0.322 e.